The van der Waals surface area contributed by atoms with Gasteiger partial charge in [0.05, 0.1) is 29.7 Å². The molecule has 3 N–H and O–H groups in total. The van der Waals surface area contributed by atoms with Crippen LogP contribution in [0.2, 0.25) is 5.02 Å². The molecule has 11 heteroatoms. The topological polar surface area (TPSA) is 147 Å². The van der Waals surface area contributed by atoms with Gasteiger partial charge in [-0.3, -0.25) is 9.69 Å². The third kappa shape index (κ3) is 3.95. The van der Waals surface area contributed by atoms with Crippen molar-refractivity contribution < 1.29 is 19.0 Å². The number of anilines is 2. The molecule has 2 aromatic rings. The van der Waals surface area contributed by atoms with Crippen LogP contribution in [0.3, 0.4) is 0 Å². The number of nitrogens with one attached hydrogen (secondary N) is 1. The summed E-state index contributed by atoms with van der Waals surface area (Å²) in [6.07, 6.45) is 0. The first kappa shape index (κ1) is 21.9. The number of rotatable bonds is 5. The van der Waals surface area contributed by atoms with Crippen molar-refractivity contribution in [2.24, 2.45) is 5.73 Å². The molecule has 0 saturated heterocycles. The SMILES string of the molecule is CCOC(=O)C1=C(C)N(c2nonc2NC(C)=O)C(N)=C(C#N)C1c1ccccc1Cl. The molecule has 2 heterocycles. The highest BCUT2D eigenvalue weighted by Gasteiger charge is 2.40. The molecular formula is C20H19ClN6O4. The van der Waals surface area contributed by atoms with Gasteiger partial charge in [0, 0.05) is 17.6 Å². The lowest BCUT2D eigenvalue weighted by molar-refractivity contribution is -0.138. The number of hydrogen-bond acceptors (Lipinski definition) is 9. The maximum Gasteiger partial charge on any atom is 0.336 e. The van der Waals surface area contributed by atoms with Crippen molar-refractivity contribution in [3.05, 3.63) is 57.5 Å². The van der Waals surface area contributed by atoms with Gasteiger partial charge in [-0.25, -0.2) is 9.42 Å². The molecule has 0 aliphatic carbocycles. The maximum atomic E-state index is 13.0. The second-order valence-corrected chi connectivity index (χ2v) is 6.95. The van der Waals surface area contributed by atoms with Crippen LogP contribution >= 0.6 is 11.6 Å². The third-order valence-electron chi connectivity index (χ3n) is 4.63. The first-order valence-electron chi connectivity index (χ1n) is 9.24. The lowest BCUT2D eigenvalue weighted by Crippen LogP contribution is -2.37. The van der Waals surface area contributed by atoms with Crippen molar-refractivity contribution in [3.8, 4) is 6.07 Å². The zero-order valence-electron chi connectivity index (χ0n) is 17.0. The van der Waals surface area contributed by atoms with Gasteiger partial charge in [-0.1, -0.05) is 29.8 Å². The number of benzene rings is 1. The average Bonchev–Trinajstić information content (AvgIpc) is 3.15. The Hall–Kier alpha value is -3.84. The maximum absolute atomic E-state index is 13.0. The second-order valence-electron chi connectivity index (χ2n) is 6.54. The highest BCUT2D eigenvalue weighted by atomic mass is 35.5. The summed E-state index contributed by atoms with van der Waals surface area (Å²) in [4.78, 5) is 25.8. The molecule has 1 aliphatic rings. The normalized spacial score (nSPS) is 16.2. The zero-order chi connectivity index (χ0) is 22.7. The van der Waals surface area contributed by atoms with Crippen molar-refractivity contribution in [1.82, 2.24) is 10.3 Å². The van der Waals surface area contributed by atoms with E-state index in [-0.39, 0.29) is 35.2 Å². The van der Waals surface area contributed by atoms with Crippen LogP contribution in [-0.2, 0) is 14.3 Å². The molecule has 1 amide bonds. The van der Waals surface area contributed by atoms with E-state index in [1.807, 2.05) is 0 Å². The van der Waals surface area contributed by atoms with Crippen LogP contribution in [0, 0.1) is 11.3 Å². The zero-order valence-corrected chi connectivity index (χ0v) is 17.7. The highest BCUT2D eigenvalue weighted by Crippen LogP contribution is 2.45. The van der Waals surface area contributed by atoms with E-state index in [0.29, 0.717) is 16.3 Å². The first-order valence-corrected chi connectivity index (χ1v) is 9.61. The fourth-order valence-electron chi connectivity index (χ4n) is 3.39. The van der Waals surface area contributed by atoms with Crippen molar-refractivity contribution in [1.29, 1.82) is 5.26 Å². The van der Waals surface area contributed by atoms with Gasteiger partial charge in [-0.2, -0.15) is 5.26 Å². The lowest BCUT2D eigenvalue weighted by atomic mass is 9.81. The Balaban J connectivity index is 2.29. The number of nitrogens with zero attached hydrogens (tertiary/aromatic N) is 4. The summed E-state index contributed by atoms with van der Waals surface area (Å²) in [5.74, 6) is -1.95. The lowest BCUT2D eigenvalue weighted by Gasteiger charge is -2.34. The number of ether oxygens (including phenoxy) is 1. The molecule has 3 rings (SSSR count). The van der Waals surface area contributed by atoms with E-state index in [0.717, 1.165) is 0 Å². The quantitative estimate of drug-likeness (QED) is 0.666. The Bertz CT molecular complexity index is 1150. The van der Waals surface area contributed by atoms with E-state index in [2.05, 4.69) is 21.7 Å². The minimum Gasteiger partial charge on any atom is -0.463 e. The van der Waals surface area contributed by atoms with E-state index in [1.165, 1.54) is 11.8 Å². The molecule has 1 unspecified atom stereocenters. The van der Waals surface area contributed by atoms with Crippen LogP contribution in [0.4, 0.5) is 11.6 Å². The summed E-state index contributed by atoms with van der Waals surface area (Å²) in [6.45, 7) is 4.69. The molecule has 1 atom stereocenters. The van der Waals surface area contributed by atoms with Gasteiger partial charge < -0.3 is 15.8 Å². The molecule has 1 aliphatic heterocycles. The van der Waals surface area contributed by atoms with E-state index >= 15 is 0 Å². The summed E-state index contributed by atoms with van der Waals surface area (Å²) >= 11 is 6.39. The standard InChI is InChI=1S/C20H19ClN6O4/c1-4-30-20(29)15-10(2)27(19-18(24-11(3)28)25-31-26-19)17(23)13(9-22)16(15)12-7-5-6-8-14(12)21/h5-8,16H,4,23H2,1-3H3,(H,24,25,28). The van der Waals surface area contributed by atoms with E-state index < -0.39 is 17.8 Å². The highest BCUT2D eigenvalue weighted by molar-refractivity contribution is 6.31. The summed E-state index contributed by atoms with van der Waals surface area (Å²) in [5, 5.41) is 20.3. The average molecular weight is 443 g/mol. The van der Waals surface area contributed by atoms with Crippen LogP contribution in [0.15, 0.2) is 51.6 Å². The number of aromatic nitrogens is 2. The van der Waals surface area contributed by atoms with Gasteiger partial charge >= 0.3 is 5.97 Å². The molecule has 160 valence electrons. The fraction of sp³-hybridized carbons (Fsp3) is 0.250. The van der Waals surface area contributed by atoms with Gasteiger partial charge in [0.25, 0.3) is 0 Å². The number of carbonyl (C=O) groups is 2. The van der Waals surface area contributed by atoms with Crippen LogP contribution in [0.5, 0.6) is 0 Å². The summed E-state index contributed by atoms with van der Waals surface area (Å²) in [7, 11) is 0. The van der Waals surface area contributed by atoms with Crippen molar-refractivity contribution >= 4 is 35.1 Å². The number of nitriles is 1. The minimum absolute atomic E-state index is 0.0114. The van der Waals surface area contributed by atoms with Crippen molar-refractivity contribution in [2.75, 3.05) is 16.8 Å². The van der Waals surface area contributed by atoms with E-state index in [4.69, 9.17) is 26.7 Å². The number of amides is 1. The van der Waals surface area contributed by atoms with Gasteiger partial charge in [0.1, 0.15) is 5.82 Å². The number of allylic oxidation sites excluding steroid dienone is 2. The monoisotopic (exact) mass is 442 g/mol. The second kappa shape index (κ2) is 8.89. The molecule has 0 saturated carbocycles. The third-order valence-corrected chi connectivity index (χ3v) is 4.97. The molecule has 0 radical (unpaired) electrons. The van der Waals surface area contributed by atoms with E-state index in [1.54, 1.807) is 38.1 Å². The van der Waals surface area contributed by atoms with Crippen LogP contribution in [0.25, 0.3) is 0 Å². The molecule has 10 nitrogen and oxygen atoms in total. The van der Waals surface area contributed by atoms with Crippen molar-refractivity contribution in [2.45, 2.75) is 26.7 Å². The van der Waals surface area contributed by atoms with Crippen LogP contribution in [-0.4, -0.2) is 28.8 Å². The Morgan fingerprint density at radius 1 is 1.39 bits per heavy atom. The van der Waals surface area contributed by atoms with Crippen LogP contribution in [0.1, 0.15) is 32.3 Å². The summed E-state index contributed by atoms with van der Waals surface area (Å²) < 4.78 is 10.0. The summed E-state index contributed by atoms with van der Waals surface area (Å²) in [6, 6.07) is 8.92. The molecule has 0 bridgehead atoms. The Morgan fingerprint density at radius 2 is 2.10 bits per heavy atom. The van der Waals surface area contributed by atoms with Gasteiger partial charge in [-0.15, -0.1) is 0 Å². The molecule has 31 heavy (non-hydrogen) atoms. The Kier molecular flexibility index (Phi) is 6.27. The number of nitrogens with two attached hydrogens (primary N) is 1. The fourth-order valence-corrected chi connectivity index (χ4v) is 3.63. The predicted octanol–water partition coefficient (Wildman–Crippen LogP) is 2.82. The Labute approximate surface area is 182 Å². The number of carbonyl (C=O) groups excluding carboxylic acids is 2. The molecule has 1 aromatic heterocycles. The molecule has 0 spiro atoms. The van der Waals surface area contributed by atoms with Crippen molar-refractivity contribution in [3.63, 3.8) is 0 Å². The smallest absolute Gasteiger partial charge is 0.336 e. The number of hydrogen-bond donors (Lipinski definition) is 2. The minimum atomic E-state index is -0.863. The van der Waals surface area contributed by atoms with Crippen LogP contribution < -0.4 is 16.0 Å². The predicted molar refractivity (Wildman–Crippen MR) is 111 cm³/mol. The van der Waals surface area contributed by atoms with E-state index in [9.17, 15) is 14.9 Å². The Morgan fingerprint density at radius 3 is 2.71 bits per heavy atom. The molecule has 0 fully saturated rings. The number of halogens is 1. The number of esters is 1. The van der Waals surface area contributed by atoms with Gasteiger partial charge in [0.15, 0.2) is 0 Å². The van der Waals surface area contributed by atoms with Gasteiger partial charge in [-0.05, 0) is 35.8 Å². The van der Waals surface area contributed by atoms with Gasteiger partial charge in [0.2, 0.25) is 17.5 Å². The first-order chi connectivity index (χ1) is 14.8. The molecule has 1 aromatic carbocycles. The summed E-state index contributed by atoms with van der Waals surface area (Å²) in [5.41, 5.74) is 7.41. The molecular weight excluding hydrogens is 424 g/mol. The largest absolute Gasteiger partial charge is 0.463 e.